The lowest BCUT2D eigenvalue weighted by Gasteiger charge is -2.16. The van der Waals surface area contributed by atoms with Crippen LogP contribution in [0.3, 0.4) is 0 Å². The summed E-state index contributed by atoms with van der Waals surface area (Å²) in [5.74, 6) is -0.275. The second-order valence-corrected chi connectivity index (χ2v) is 7.64. The molecule has 2 rings (SSSR count). The first-order valence-corrected chi connectivity index (χ1v) is 11.5. The third-order valence-electron chi connectivity index (χ3n) is 4.53. The van der Waals surface area contributed by atoms with Crippen molar-refractivity contribution in [3.63, 3.8) is 0 Å². The fourth-order valence-corrected chi connectivity index (χ4v) is 2.95. The summed E-state index contributed by atoms with van der Waals surface area (Å²) in [7, 11) is 0. The molecule has 0 bridgehead atoms. The average Bonchev–Trinajstić information content (AvgIpc) is 2.88. The van der Waals surface area contributed by atoms with Gasteiger partial charge in [0.25, 0.3) is 0 Å². The fourth-order valence-electron chi connectivity index (χ4n) is 2.73. The minimum Gasteiger partial charge on any atom is -0.490 e. The molecule has 0 aromatic heterocycles. The molecule has 2 aromatic rings. The van der Waals surface area contributed by atoms with E-state index in [1.807, 2.05) is 24.3 Å². The predicted molar refractivity (Wildman–Crippen MR) is 127 cm³/mol. The van der Waals surface area contributed by atoms with E-state index < -0.39 is 30.8 Å². The van der Waals surface area contributed by atoms with Crippen molar-refractivity contribution in [1.82, 2.24) is 0 Å². The minimum absolute atomic E-state index is 0.0272. The van der Waals surface area contributed by atoms with Gasteiger partial charge in [-0.05, 0) is 41.0 Å². The lowest BCUT2D eigenvalue weighted by molar-refractivity contribution is -0.360. The van der Waals surface area contributed by atoms with E-state index in [1.165, 1.54) is 0 Å². The van der Waals surface area contributed by atoms with E-state index in [-0.39, 0.29) is 31.5 Å². The maximum atomic E-state index is 13.0. The molecule has 184 valence electrons. The largest absolute Gasteiger partial charge is 0.490 e. The highest BCUT2D eigenvalue weighted by Crippen LogP contribution is 2.25. The number of esters is 2. The van der Waals surface area contributed by atoms with Gasteiger partial charge in [-0.3, -0.25) is 4.79 Å². The van der Waals surface area contributed by atoms with Crippen molar-refractivity contribution in [2.75, 3.05) is 38.2 Å². The molecule has 2 unspecified atom stereocenters. The zero-order valence-electron chi connectivity index (χ0n) is 18.5. The van der Waals surface area contributed by atoms with Gasteiger partial charge in [0, 0.05) is 0 Å². The first kappa shape index (κ1) is 27.4. The summed E-state index contributed by atoms with van der Waals surface area (Å²) >= 11 is 11.2. The summed E-state index contributed by atoms with van der Waals surface area (Å²) in [6.07, 6.45) is -1.57. The molecule has 34 heavy (non-hydrogen) atoms. The van der Waals surface area contributed by atoms with E-state index in [4.69, 9.17) is 42.1 Å². The van der Waals surface area contributed by atoms with Gasteiger partial charge in [-0.2, -0.15) is 0 Å². The molecule has 2 aromatic carbocycles. The van der Waals surface area contributed by atoms with Crippen molar-refractivity contribution in [1.29, 1.82) is 0 Å². The Hall–Kier alpha value is -2.81. The van der Waals surface area contributed by atoms with Gasteiger partial charge in [0.2, 0.25) is 0 Å². The number of halogens is 3. The molecular weight excluding hydrogens is 488 g/mol. The number of hydrogen-bond acceptors (Lipinski definition) is 6. The van der Waals surface area contributed by atoms with E-state index in [9.17, 15) is 14.0 Å². The van der Waals surface area contributed by atoms with Crippen LogP contribution >= 0.6 is 23.2 Å². The molecular formula is C24H27Cl2FNO6+. The zero-order chi connectivity index (χ0) is 24.9. The summed E-state index contributed by atoms with van der Waals surface area (Å²) in [5.41, 5.74) is 5.99. The average molecular weight is 515 g/mol. The van der Waals surface area contributed by atoms with Crippen LogP contribution in [0.2, 0.25) is 0 Å². The lowest BCUT2D eigenvalue weighted by atomic mass is 9.99. The summed E-state index contributed by atoms with van der Waals surface area (Å²) in [4.78, 5) is 22.5. The molecule has 0 fully saturated rings. The van der Waals surface area contributed by atoms with E-state index in [0.717, 1.165) is 16.7 Å². The quantitative estimate of drug-likeness (QED) is 0.307. The van der Waals surface area contributed by atoms with E-state index in [0.29, 0.717) is 11.5 Å². The van der Waals surface area contributed by atoms with Gasteiger partial charge in [0.05, 0.1) is 5.88 Å². The van der Waals surface area contributed by atoms with Gasteiger partial charge in [-0.1, -0.05) is 30.8 Å². The highest BCUT2D eigenvalue weighted by molar-refractivity contribution is 6.26. The summed E-state index contributed by atoms with van der Waals surface area (Å²) in [6.45, 7) is 3.29. The number of hydrogen-bond donors (Lipinski definition) is 1. The van der Waals surface area contributed by atoms with Crippen LogP contribution in [0.1, 0.15) is 11.1 Å². The van der Waals surface area contributed by atoms with Crippen LogP contribution in [0, 0.1) is 0 Å². The van der Waals surface area contributed by atoms with Gasteiger partial charge < -0.3 is 24.7 Å². The van der Waals surface area contributed by atoms with Crippen molar-refractivity contribution in [2.24, 2.45) is 0 Å². The molecule has 0 heterocycles. The molecule has 0 aliphatic heterocycles. The van der Waals surface area contributed by atoms with Crippen LogP contribution in [0.25, 0.3) is 5.57 Å². The van der Waals surface area contributed by atoms with Crippen LogP contribution in [0.5, 0.6) is 11.5 Å². The Labute approximate surface area is 207 Å². The van der Waals surface area contributed by atoms with Crippen molar-refractivity contribution >= 4 is 40.7 Å². The molecule has 10 heteroatoms. The van der Waals surface area contributed by atoms with Crippen molar-refractivity contribution in [3.8, 4) is 11.5 Å². The van der Waals surface area contributed by atoms with Crippen LogP contribution < -0.4 is 15.2 Å². The van der Waals surface area contributed by atoms with Crippen molar-refractivity contribution in [2.45, 2.75) is 12.2 Å². The number of quaternary nitrogens is 1. The Bertz CT molecular complexity index is 864. The van der Waals surface area contributed by atoms with Gasteiger partial charge in [0.15, 0.2) is 12.6 Å². The standard InChI is InChI=1S/C24H26Cl2FNO6/c1-16(17-2-6-19(7-3-17)31-14-21(10-25)33-24(30)13-28)18-4-8-20(9-5-18)32-15-22(12-27)34-23(29)11-26/h2-9,21-22H,1,10-15,28H2/p+1. The Kier molecular flexibility index (Phi) is 11.7. The van der Waals surface area contributed by atoms with Gasteiger partial charge in [-0.25, -0.2) is 9.18 Å². The number of carbonyl (C=O) groups is 2. The number of alkyl halides is 3. The van der Waals surface area contributed by atoms with Crippen molar-refractivity contribution in [3.05, 3.63) is 66.2 Å². The highest BCUT2D eigenvalue weighted by atomic mass is 35.5. The Balaban J connectivity index is 1.90. The Morgan fingerprint density at radius 1 is 0.853 bits per heavy atom. The van der Waals surface area contributed by atoms with Crippen molar-refractivity contribution < 1.29 is 38.7 Å². The molecule has 0 saturated carbocycles. The monoisotopic (exact) mass is 514 g/mol. The number of benzene rings is 2. The second-order valence-electron chi connectivity index (χ2n) is 7.07. The molecule has 3 N–H and O–H groups in total. The normalized spacial score (nSPS) is 12.4. The summed E-state index contributed by atoms with van der Waals surface area (Å²) in [6, 6.07) is 14.4. The Morgan fingerprint density at radius 2 is 1.32 bits per heavy atom. The first-order chi connectivity index (χ1) is 16.4. The van der Waals surface area contributed by atoms with Gasteiger partial charge in [0.1, 0.15) is 43.4 Å². The molecule has 0 radical (unpaired) electrons. The smallest absolute Gasteiger partial charge is 0.361 e. The highest BCUT2D eigenvalue weighted by Gasteiger charge is 2.16. The van der Waals surface area contributed by atoms with E-state index in [2.05, 4.69) is 12.3 Å². The molecule has 0 aliphatic carbocycles. The topological polar surface area (TPSA) is 98.7 Å². The maximum Gasteiger partial charge on any atom is 0.361 e. The fraction of sp³-hybridized carbons (Fsp3) is 0.333. The minimum atomic E-state index is -1.02. The van der Waals surface area contributed by atoms with Crippen LogP contribution in [0.4, 0.5) is 4.39 Å². The molecule has 0 aliphatic rings. The maximum absolute atomic E-state index is 13.0. The molecule has 7 nitrogen and oxygen atoms in total. The number of ether oxygens (including phenoxy) is 4. The third kappa shape index (κ3) is 8.85. The predicted octanol–water partition coefficient (Wildman–Crippen LogP) is 3.02. The third-order valence-corrected chi connectivity index (χ3v) is 5.09. The molecule has 0 spiro atoms. The van der Waals surface area contributed by atoms with Crippen LogP contribution in [0.15, 0.2) is 55.1 Å². The van der Waals surface area contributed by atoms with Gasteiger partial charge in [-0.15, -0.1) is 23.2 Å². The van der Waals surface area contributed by atoms with Crippen LogP contribution in [-0.2, 0) is 19.1 Å². The lowest BCUT2D eigenvalue weighted by Crippen LogP contribution is -2.55. The van der Waals surface area contributed by atoms with E-state index >= 15 is 0 Å². The Morgan fingerprint density at radius 3 is 1.74 bits per heavy atom. The molecule has 0 amide bonds. The number of carbonyl (C=O) groups excluding carboxylic acids is 2. The second kappa shape index (κ2) is 14.5. The number of rotatable bonds is 14. The summed E-state index contributed by atoms with van der Waals surface area (Å²) in [5, 5.41) is 0. The SMILES string of the molecule is C=C(c1ccc(OCC(CF)OC(=O)CCl)cc1)c1ccc(OCC(CCl)OC(=O)C[NH3+])cc1. The zero-order valence-corrected chi connectivity index (χ0v) is 20.0. The van der Waals surface area contributed by atoms with Gasteiger partial charge >= 0.3 is 11.9 Å². The van der Waals surface area contributed by atoms with E-state index in [1.54, 1.807) is 24.3 Å². The molecule has 2 atom stereocenters. The van der Waals surface area contributed by atoms with Crippen LogP contribution in [-0.4, -0.2) is 62.3 Å². The first-order valence-electron chi connectivity index (χ1n) is 10.4. The molecule has 0 saturated heterocycles. The summed E-state index contributed by atoms with van der Waals surface area (Å²) < 4.78 is 34.1.